The molecule has 1 aromatic rings. The van der Waals surface area contributed by atoms with E-state index in [0.717, 1.165) is 30.7 Å². The number of fused-ring (bicyclic) bond motifs is 1. The zero-order chi connectivity index (χ0) is 11.7. The van der Waals surface area contributed by atoms with Crippen molar-refractivity contribution in [2.24, 2.45) is 0 Å². The lowest BCUT2D eigenvalue weighted by Gasteiger charge is -2.33. The molecule has 2 aliphatic heterocycles. The van der Waals surface area contributed by atoms with E-state index in [1.54, 1.807) is 0 Å². The Labute approximate surface area is 105 Å². The van der Waals surface area contributed by atoms with Crippen molar-refractivity contribution in [2.75, 3.05) is 31.6 Å². The van der Waals surface area contributed by atoms with Gasteiger partial charge in [0.2, 0.25) is 5.13 Å². The second-order valence-electron chi connectivity index (χ2n) is 4.60. The van der Waals surface area contributed by atoms with Crippen molar-refractivity contribution in [3.8, 4) is 0 Å². The highest BCUT2D eigenvalue weighted by atomic mass is 32.1. The molecule has 0 aliphatic carbocycles. The molecule has 2 fully saturated rings. The molecule has 0 spiro atoms. The number of hydrogen-bond donors (Lipinski definition) is 1. The van der Waals surface area contributed by atoms with Crippen LogP contribution in [0.25, 0.3) is 0 Å². The fraction of sp³-hybridized carbons (Fsp3) is 0.818. The average Bonchev–Trinajstić information content (AvgIpc) is 2.96. The first-order valence-electron chi connectivity index (χ1n) is 6.30. The van der Waals surface area contributed by atoms with E-state index in [2.05, 4.69) is 26.5 Å². The predicted molar refractivity (Wildman–Crippen MR) is 67.4 cm³/mol. The average molecular weight is 254 g/mol. The van der Waals surface area contributed by atoms with Crippen molar-refractivity contribution in [1.82, 2.24) is 14.3 Å². The summed E-state index contributed by atoms with van der Waals surface area (Å²) in [6, 6.07) is 0.637. The van der Waals surface area contributed by atoms with Crippen LogP contribution in [-0.4, -0.2) is 46.5 Å². The summed E-state index contributed by atoms with van der Waals surface area (Å²) >= 11 is 1.42. The van der Waals surface area contributed by atoms with E-state index in [-0.39, 0.29) is 6.10 Å². The van der Waals surface area contributed by atoms with E-state index in [9.17, 15) is 0 Å². The fourth-order valence-electron chi connectivity index (χ4n) is 2.56. The molecule has 94 valence electrons. The van der Waals surface area contributed by atoms with Crippen LogP contribution in [0.1, 0.15) is 31.7 Å². The zero-order valence-corrected chi connectivity index (χ0v) is 10.9. The molecule has 0 radical (unpaired) electrons. The number of ether oxygens (including phenoxy) is 1. The molecule has 1 aromatic heterocycles. The number of nitrogens with zero attached hydrogens (tertiary/aromatic N) is 3. The van der Waals surface area contributed by atoms with Crippen LogP contribution in [0.2, 0.25) is 0 Å². The van der Waals surface area contributed by atoms with E-state index < -0.39 is 0 Å². The van der Waals surface area contributed by atoms with Gasteiger partial charge in [0.15, 0.2) is 5.82 Å². The number of aromatic nitrogens is 2. The van der Waals surface area contributed by atoms with Crippen LogP contribution in [0.15, 0.2) is 0 Å². The number of morpholine rings is 1. The van der Waals surface area contributed by atoms with Gasteiger partial charge in [-0.3, -0.25) is 4.90 Å². The number of hydrogen-bond acceptors (Lipinski definition) is 6. The quantitative estimate of drug-likeness (QED) is 0.886. The Morgan fingerprint density at radius 2 is 2.53 bits per heavy atom. The van der Waals surface area contributed by atoms with E-state index in [4.69, 9.17) is 4.74 Å². The highest BCUT2D eigenvalue weighted by Gasteiger charge is 2.34. The summed E-state index contributed by atoms with van der Waals surface area (Å²) in [7, 11) is 0. The summed E-state index contributed by atoms with van der Waals surface area (Å²) in [6.07, 6.45) is 2.64. The van der Waals surface area contributed by atoms with E-state index in [0.29, 0.717) is 6.04 Å². The normalized spacial score (nSPS) is 29.2. The fourth-order valence-corrected chi connectivity index (χ4v) is 3.24. The van der Waals surface area contributed by atoms with Crippen LogP contribution >= 0.6 is 11.5 Å². The Morgan fingerprint density at radius 3 is 3.41 bits per heavy atom. The largest absolute Gasteiger partial charge is 0.367 e. The lowest BCUT2D eigenvalue weighted by atomic mass is 10.2. The molecule has 0 aromatic carbocycles. The summed E-state index contributed by atoms with van der Waals surface area (Å²) in [6.45, 7) is 5.93. The van der Waals surface area contributed by atoms with E-state index in [1.807, 2.05) is 0 Å². The molecule has 0 bridgehead atoms. The maximum atomic E-state index is 5.88. The molecule has 0 amide bonds. The first kappa shape index (κ1) is 11.4. The zero-order valence-electron chi connectivity index (χ0n) is 10.1. The summed E-state index contributed by atoms with van der Waals surface area (Å²) < 4.78 is 10.3. The molecule has 17 heavy (non-hydrogen) atoms. The van der Waals surface area contributed by atoms with Gasteiger partial charge in [-0.1, -0.05) is 0 Å². The smallest absolute Gasteiger partial charge is 0.202 e. The summed E-state index contributed by atoms with van der Waals surface area (Å²) in [5, 5.41) is 4.09. The number of anilines is 1. The first-order valence-corrected chi connectivity index (χ1v) is 7.07. The van der Waals surface area contributed by atoms with Crippen molar-refractivity contribution < 1.29 is 4.74 Å². The summed E-state index contributed by atoms with van der Waals surface area (Å²) in [5.41, 5.74) is 0. The van der Waals surface area contributed by atoms with Gasteiger partial charge in [0.1, 0.15) is 6.10 Å². The number of rotatable bonds is 3. The molecular formula is C11H18N4OS. The van der Waals surface area contributed by atoms with Crippen LogP contribution in [0.3, 0.4) is 0 Å². The molecule has 6 heteroatoms. The molecule has 2 atom stereocenters. The van der Waals surface area contributed by atoms with Crippen LogP contribution < -0.4 is 5.32 Å². The molecule has 3 heterocycles. The van der Waals surface area contributed by atoms with Crippen molar-refractivity contribution in [3.05, 3.63) is 5.82 Å². The van der Waals surface area contributed by atoms with Crippen LogP contribution in [-0.2, 0) is 4.74 Å². The van der Waals surface area contributed by atoms with Gasteiger partial charge in [-0.05, 0) is 26.3 Å². The Kier molecular flexibility index (Phi) is 3.26. The Balaban J connectivity index is 1.67. The second kappa shape index (κ2) is 4.88. The third-order valence-electron chi connectivity index (χ3n) is 3.45. The minimum Gasteiger partial charge on any atom is -0.367 e. The summed E-state index contributed by atoms with van der Waals surface area (Å²) in [5.74, 6) is 0.844. The SMILES string of the molecule is CCNc1nc(C2CN3CCCC3CO2)ns1. The third kappa shape index (κ3) is 2.29. The second-order valence-corrected chi connectivity index (χ2v) is 5.35. The Morgan fingerprint density at radius 1 is 1.59 bits per heavy atom. The van der Waals surface area contributed by atoms with Crippen molar-refractivity contribution in [3.63, 3.8) is 0 Å². The maximum Gasteiger partial charge on any atom is 0.202 e. The molecule has 2 unspecified atom stereocenters. The van der Waals surface area contributed by atoms with Gasteiger partial charge in [0.05, 0.1) is 6.61 Å². The van der Waals surface area contributed by atoms with Gasteiger partial charge in [0.25, 0.3) is 0 Å². The molecule has 3 rings (SSSR count). The molecule has 5 nitrogen and oxygen atoms in total. The van der Waals surface area contributed by atoms with Gasteiger partial charge < -0.3 is 10.1 Å². The minimum absolute atomic E-state index is 0.0630. The lowest BCUT2D eigenvalue weighted by molar-refractivity contribution is -0.0535. The standard InChI is InChI=1S/C11H18N4OS/c1-2-12-11-13-10(14-17-11)9-6-15-5-3-4-8(15)7-16-9/h8-9H,2-7H2,1H3,(H,12,13,14). The van der Waals surface area contributed by atoms with Gasteiger partial charge >= 0.3 is 0 Å². The maximum absolute atomic E-state index is 5.88. The monoisotopic (exact) mass is 254 g/mol. The minimum atomic E-state index is 0.0630. The van der Waals surface area contributed by atoms with Crippen molar-refractivity contribution in [2.45, 2.75) is 31.9 Å². The molecular weight excluding hydrogens is 236 g/mol. The predicted octanol–water partition coefficient (Wildman–Crippen LogP) is 1.51. The first-order chi connectivity index (χ1) is 8.36. The van der Waals surface area contributed by atoms with E-state index >= 15 is 0 Å². The van der Waals surface area contributed by atoms with Gasteiger partial charge in [-0.15, -0.1) is 0 Å². The molecule has 2 saturated heterocycles. The summed E-state index contributed by atoms with van der Waals surface area (Å²) in [4.78, 5) is 7.00. The molecule has 2 aliphatic rings. The Hall–Kier alpha value is -0.720. The highest BCUT2D eigenvalue weighted by molar-refractivity contribution is 7.09. The molecule has 1 N–H and O–H groups in total. The topological polar surface area (TPSA) is 50.3 Å². The van der Waals surface area contributed by atoms with Crippen LogP contribution in [0.4, 0.5) is 5.13 Å². The number of nitrogens with one attached hydrogen (secondary N) is 1. The lowest BCUT2D eigenvalue weighted by Crippen LogP contribution is -2.42. The van der Waals surface area contributed by atoms with Crippen molar-refractivity contribution >= 4 is 16.7 Å². The highest BCUT2D eigenvalue weighted by Crippen LogP contribution is 2.29. The van der Waals surface area contributed by atoms with E-state index in [1.165, 1.54) is 30.9 Å². The van der Waals surface area contributed by atoms with Crippen LogP contribution in [0, 0.1) is 0 Å². The van der Waals surface area contributed by atoms with Gasteiger partial charge in [-0.2, -0.15) is 4.37 Å². The van der Waals surface area contributed by atoms with Gasteiger partial charge in [0, 0.05) is 30.7 Å². The van der Waals surface area contributed by atoms with Crippen molar-refractivity contribution in [1.29, 1.82) is 0 Å². The van der Waals surface area contributed by atoms with Gasteiger partial charge in [-0.25, -0.2) is 4.98 Å². The third-order valence-corrected chi connectivity index (χ3v) is 4.13. The van der Waals surface area contributed by atoms with Crippen LogP contribution in [0.5, 0.6) is 0 Å². The Bertz CT molecular complexity index is 383. The molecule has 0 saturated carbocycles.